The van der Waals surface area contributed by atoms with Gasteiger partial charge < -0.3 is 11.1 Å². The Labute approximate surface area is 146 Å². The fourth-order valence-electron chi connectivity index (χ4n) is 2.75. The molecule has 8 nitrogen and oxygen atoms in total. The van der Waals surface area contributed by atoms with Crippen LogP contribution in [0.1, 0.15) is 19.3 Å². The highest BCUT2D eigenvalue weighted by atomic mass is 35.5. The molecule has 3 N–H and O–H groups in total. The second-order valence-electron chi connectivity index (χ2n) is 5.75. The Morgan fingerprint density at radius 2 is 2.29 bits per heavy atom. The molecule has 3 rings (SSSR count). The van der Waals surface area contributed by atoms with Crippen LogP contribution in [0.25, 0.3) is 0 Å². The summed E-state index contributed by atoms with van der Waals surface area (Å²) in [4.78, 5) is 0. The van der Waals surface area contributed by atoms with Crippen LogP contribution in [0.4, 0.5) is 17.5 Å². The number of alkyl halides is 1. The van der Waals surface area contributed by atoms with E-state index in [0.29, 0.717) is 12.4 Å². The van der Waals surface area contributed by atoms with Crippen molar-refractivity contribution in [2.45, 2.75) is 38.9 Å². The smallest absolute Gasteiger partial charge is 0.368 e. The summed E-state index contributed by atoms with van der Waals surface area (Å²) in [5.41, 5.74) is 6.40. The first-order chi connectivity index (χ1) is 11.8. The Bertz CT molecular complexity index is 664. The van der Waals surface area contributed by atoms with Gasteiger partial charge in [0.2, 0.25) is 0 Å². The van der Waals surface area contributed by atoms with Gasteiger partial charge in [-0.25, -0.2) is 13.8 Å². The minimum Gasteiger partial charge on any atom is -0.368 e. The van der Waals surface area contributed by atoms with Crippen molar-refractivity contribution in [1.29, 1.82) is 0 Å². The molecule has 1 aliphatic heterocycles. The van der Waals surface area contributed by atoms with E-state index in [1.54, 1.807) is 6.20 Å². The van der Waals surface area contributed by atoms with Crippen LogP contribution in [0.5, 0.6) is 0 Å². The summed E-state index contributed by atoms with van der Waals surface area (Å²) in [7, 11) is 0. The van der Waals surface area contributed by atoms with Crippen molar-refractivity contribution in [3.8, 4) is 0 Å². The van der Waals surface area contributed by atoms with E-state index >= 15 is 0 Å². The minimum absolute atomic E-state index is 0.623. The second-order valence-corrected chi connectivity index (χ2v) is 6.13. The number of rotatable bonds is 8. The van der Waals surface area contributed by atoms with Gasteiger partial charge in [-0.2, -0.15) is 5.10 Å². The molecular weight excluding hydrogens is 328 g/mol. The summed E-state index contributed by atoms with van der Waals surface area (Å²) in [5, 5.41) is 16.6. The monoisotopic (exact) mass is 351 g/mol. The largest absolute Gasteiger partial charge is 0.421 e. The first-order valence-electron chi connectivity index (χ1n) is 8.39. The number of halogens is 1. The number of imidazole rings is 1. The van der Waals surface area contributed by atoms with E-state index in [9.17, 15) is 0 Å². The first kappa shape index (κ1) is 16.9. The molecule has 24 heavy (non-hydrogen) atoms. The van der Waals surface area contributed by atoms with Crippen molar-refractivity contribution in [2.24, 2.45) is 16.0 Å². The minimum atomic E-state index is 0.623. The van der Waals surface area contributed by atoms with Crippen molar-refractivity contribution in [3.05, 3.63) is 18.6 Å². The standard InChI is InChI=1S/C15H23ClN8/c16-4-1-7-22-10-11-23(8-2-5-17)15(22)21-20-13-12-19-24-9-3-6-18-14(13)24/h10-12H,1-9,17H2/p+1. The summed E-state index contributed by atoms with van der Waals surface area (Å²) in [5.74, 6) is 2.37. The molecule has 0 bridgehead atoms. The summed E-state index contributed by atoms with van der Waals surface area (Å²) < 4.78 is 6.09. The molecule has 1 aliphatic rings. The molecular formula is C15H24ClN8+. The zero-order valence-corrected chi connectivity index (χ0v) is 14.5. The summed E-state index contributed by atoms with van der Waals surface area (Å²) in [6, 6.07) is 0. The number of azo groups is 1. The summed E-state index contributed by atoms with van der Waals surface area (Å²) in [6.07, 6.45) is 8.66. The Hall–Kier alpha value is -1.93. The van der Waals surface area contributed by atoms with Gasteiger partial charge in [-0.05, 0) is 25.8 Å². The number of aromatic nitrogens is 4. The topological polar surface area (TPSA) is 89.4 Å². The van der Waals surface area contributed by atoms with Crippen LogP contribution in [-0.4, -0.2) is 33.3 Å². The number of nitrogens with two attached hydrogens (primary N) is 1. The van der Waals surface area contributed by atoms with E-state index in [2.05, 4.69) is 29.8 Å². The van der Waals surface area contributed by atoms with Crippen molar-refractivity contribution in [1.82, 2.24) is 14.3 Å². The second kappa shape index (κ2) is 8.25. The van der Waals surface area contributed by atoms with E-state index in [1.165, 1.54) is 0 Å². The van der Waals surface area contributed by atoms with Crippen LogP contribution in [0, 0.1) is 0 Å². The van der Waals surface area contributed by atoms with Gasteiger partial charge in [-0.3, -0.25) is 0 Å². The Morgan fingerprint density at radius 1 is 1.38 bits per heavy atom. The Balaban J connectivity index is 1.83. The molecule has 0 unspecified atom stereocenters. The zero-order chi connectivity index (χ0) is 16.8. The predicted molar refractivity (Wildman–Crippen MR) is 93.1 cm³/mol. The lowest BCUT2D eigenvalue weighted by Crippen LogP contribution is -2.32. The molecule has 2 aromatic heterocycles. The van der Waals surface area contributed by atoms with Crippen LogP contribution >= 0.6 is 11.6 Å². The Kier molecular flexibility index (Phi) is 5.81. The highest BCUT2D eigenvalue weighted by Crippen LogP contribution is 2.28. The van der Waals surface area contributed by atoms with Gasteiger partial charge in [0, 0.05) is 24.1 Å². The quantitative estimate of drug-likeness (QED) is 0.434. The number of hydrogen-bond donors (Lipinski definition) is 2. The lowest BCUT2D eigenvalue weighted by molar-refractivity contribution is -0.683. The van der Waals surface area contributed by atoms with Gasteiger partial charge in [-0.1, -0.05) is 5.11 Å². The fourth-order valence-corrected chi connectivity index (χ4v) is 2.87. The molecule has 0 radical (unpaired) electrons. The van der Waals surface area contributed by atoms with Crippen molar-refractivity contribution in [3.63, 3.8) is 0 Å². The average Bonchev–Trinajstić information content (AvgIpc) is 3.20. The van der Waals surface area contributed by atoms with Crippen molar-refractivity contribution in [2.75, 3.05) is 24.3 Å². The van der Waals surface area contributed by atoms with Gasteiger partial charge >= 0.3 is 5.95 Å². The first-order valence-corrected chi connectivity index (χ1v) is 8.93. The number of nitrogens with one attached hydrogen (secondary N) is 1. The normalized spacial score (nSPS) is 14.1. The molecule has 9 heteroatoms. The molecule has 130 valence electrons. The maximum Gasteiger partial charge on any atom is 0.421 e. The molecule has 0 atom stereocenters. The third-order valence-corrected chi connectivity index (χ3v) is 4.25. The molecule has 0 fully saturated rings. The van der Waals surface area contributed by atoms with Gasteiger partial charge in [0.25, 0.3) is 0 Å². The maximum atomic E-state index is 5.82. The maximum absolute atomic E-state index is 5.82. The van der Waals surface area contributed by atoms with Crippen molar-refractivity contribution >= 4 is 29.1 Å². The average molecular weight is 352 g/mol. The van der Waals surface area contributed by atoms with E-state index in [1.807, 2.05) is 17.1 Å². The van der Waals surface area contributed by atoms with Gasteiger partial charge in [0.15, 0.2) is 11.5 Å². The molecule has 0 amide bonds. The van der Waals surface area contributed by atoms with E-state index in [0.717, 1.165) is 62.9 Å². The molecule has 2 aromatic rings. The lowest BCUT2D eigenvalue weighted by Gasteiger charge is -2.15. The highest BCUT2D eigenvalue weighted by Gasteiger charge is 2.19. The lowest BCUT2D eigenvalue weighted by atomic mass is 10.3. The number of hydrogen-bond acceptors (Lipinski definition) is 5. The number of fused-ring (bicyclic) bond motifs is 1. The van der Waals surface area contributed by atoms with Crippen LogP contribution < -0.4 is 15.6 Å². The molecule has 0 saturated heterocycles. The molecule has 0 saturated carbocycles. The number of anilines is 1. The van der Waals surface area contributed by atoms with E-state index < -0.39 is 0 Å². The summed E-state index contributed by atoms with van der Waals surface area (Å²) >= 11 is 5.82. The Morgan fingerprint density at radius 3 is 3.12 bits per heavy atom. The van der Waals surface area contributed by atoms with Gasteiger partial charge in [0.1, 0.15) is 0 Å². The molecule has 0 aromatic carbocycles. The van der Waals surface area contributed by atoms with Gasteiger partial charge in [-0.15, -0.1) is 11.6 Å². The fraction of sp³-hybridized carbons (Fsp3) is 0.600. The summed E-state index contributed by atoms with van der Waals surface area (Å²) in [6.45, 7) is 4.15. The number of nitrogens with zero attached hydrogens (tertiary/aromatic N) is 6. The highest BCUT2D eigenvalue weighted by molar-refractivity contribution is 6.17. The van der Waals surface area contributed by atoms with Crippen LogP contribution in [0.3, 0.4) is 0 Å². The van der Waals surface area contributed by atoms with Crippen LogP contribution in [0.2, 0.25) is 0 Å². The predicted octanol–water partition coefficient (Wildman–Crippen LogP) is 2.18. The third-order valence-electron chi connectivity index (χ3n) is 3.98. The van der Waals surface area contributed by atoms with Crippen molar-refractivity contribution < 1.29 is 4.57 Å². The third kappa shape index (κ3) is 3.76. The van der Waals surface area contributed by atoms with Gasteiger partial charge in [0.05, 0.1) is 31.7 Å². The van der Waals surface area contributed by atoms with Crippen LogP contribution in [-0.2, 0) is 19.6 Å². The molecule has 0 aliphatic carbocycles. The van der Waals surface area contributed by atoms with Crippen LogP contribution in [0.15, 0.2) is 28.8 Å². The molecule has 3 heterocycles. The zero-order valence-electron chi connectivity index (χ0n) is 13.7. The van der Waals surface area contributed by atoms with E-state index in [4.69, 9.17) is 17.3 Å². The SMILES string of the molecule is NCCCn1cc[n+](CCCCl)c1N=Nc1cnn2c1NCCC2. The van der Waals surface area contributed by atoms with E-state index in [-0.39, 0.29) is 0 Å². The number of aryl methyl sites for hydroxylation is 3. The molecule has 0 spiro atoms.